The average Bonchev–Trinajstić information content (AvgIpc) is 2.68. The van der Waals surface area contributed by atoms with Gasteiger partial charge < -0.3 is 4.74 Å². The second-order valence-electron chi connectivity index (χ2n) is 5.75. The monoisotopic (exact) mass is 352 g/mol. The molecule has 130 valence electrons. The second-order valence-corrected chi connectivity index (χ2v) is 6.53. The molecule has 0 N–H and O–H groups in total. The van der Waals surface area contributed by atoms with Crippen molar-refractivity contribution in [3.05, 3.63) is 88.7 Å². The van der Waals surface area contributed by atoms with Crippen LogP contribution in [-0.2, 0) is 4.74 Å². The Hall–Kier alpha value is -2.10. The second kappa shape index (κ2) is 10.0. The van der Waals surface area contributed by atoms with E-state index in [-0.39, 0.29) is 11.9 Å². The molecular weight excluding hydrogens is 328 g/mol. The lowest BCUT2D eigenvalue weighted by molar-refractivity contribution is 0.103. The molecule has 1 aliphatic heterocycles. The van der Waals surface area contributed by atoms with Crippen LogP contribution in [0.2, 0.25) is 0 Å². The van der Waals surface area contributed by atoms with Crippen molar-refractivity contribution in [1.29, 1.82) is 0 Å². The molecule has 0 radical (unpaired) electrons. The molecule has 0 aromatic heterocycles. The molecule has 1 unspecified atom stereocenters. The van der Waals surface area contributed by atoms with Crippen LogP contribution in [0.1, 0.15) is 35.7 Å². The normalized spacial score (nSPS) is 15.9. The SMILES string of the molecule is C=CC/C=C(\C=C/C(C)OC)C(=O)c1ccc(C2=CSC=CC2)cc1. The van der Waals surface area contributed by atoms with E-state index < -0.39 is 0 Å². The van der Waals surface area contributed by atoms with Gasteiger partial charge in [0.05, 0.1) is 6.10 Å². The van der Waals surface area contributed by atoms with E-state index in [4.69, 9.17) is 4.74 Å². The number of ketones is 1. The molecule has 1 atom stereocenters. The van der Waals surface area contributed by atoms with Crippen LogP contribution in [0.4, 0.5) is 0 Å². The molecule has 2 rings (SSSR count). The van der Waals surface area contributed by atoms with Crippen LogP contribution in [0, 0.1) is 0 Å². The minimum Gasteiger partial charge on any atom is -0.378 e. The van der Waals surface area contributed by atoms with Gasteiger partial charge in [0.1, 0.15) is 0 Å². The number of carbonyl (C=O) groups is 1. The number of benzene rings is 1. The Morgan fingerprint density at radius 2 is 2.12 bits per heavy atom. The number of methoxy groups -OCH3 is 1. The van der Waals surface area contributed by atoms with Crippen molar-refractivity contribution in [2.75, 3.05) is 7.11 Å². The van der Waals surface area contributed by atoms with E-state index in [1.807, 2.05) is 49.4 Å². The molecule has 1 aliphatic rings. The summed E-state index contributed by atoms with van der Waals surface area (Å²) in [6.45, 7) is 5.66. The maximum Gasteiger partial charge on any atom is 0.192 e. The van der Waals surface area contributed by atoms with Crippen LogP contribution >= 0.6 is 11.8 Å². The van der Waals surface area contributed by atoms with Gasteiger partial charge in [-0.15, -0.1) is 18.3 Å². The average molecular weight is 352 g/mol. The number of ether oxygens (including phenoxy) is 1. The summed E-state index contributed by atoms with van der Waals surface area (Å²) < 4.78 is 5.21. The zero-order valence-electron chi connectivity index (χ0n) is 14.8. The molecular formula is C22H24O2S. The van der Waals surface area contributed by atoms with E-state index in [1.165, 1.54) is 5.57 Å². The standard InChI is InChI=1S/C22H24O2S/c1-4-5-7-19(10-9-17(2)24-3)22(23)20-13-11-18(12-14-20)21-8-6-15-25-16-21/h4,6-7,9-17H,1,5,8H2,2-3H3/b10-9-,19-7+. The molecule has 1 aromatic rings. The number of allylic oxidation sites excluding steroid dienone is 6. The van der Waals surface area contributed by atoms with Gasteiger partial charge >= 0.3 is 0 Å². The van der Waals surface area contributed by atoms with Gasteiger partial charge in [0, 0.05) is 18.2 Å². The van der Waals surface area contributed by atoms with E-state index in [0.29, 0.717) is 17.6 Å². The topological polar surface area (TPSA) is 26.3 Å². The largest absolute Gasteiger partial charge is 0.378 e. The number of carbonyl (C=O) groups excluding carboxylic acids is 1. The fraction of sp³-hybridized carbons (Fsp3) is 0.227. The minimum absolute atomic E-state index is 0.0137. The van der Waals surface area contributed by atoms with Gasteiger partial charge in [0.15, 0.2) is 5.78 Å². The van der Waals surface area contributed by atoms with Crippen LogP contribution in [0.25, 0.3) is 5.57 Å². The van der Waals surface area contributed by atoms with Gasteiger partial charge in [-0.05, 0) is 41.7 Å². The first-order valence-corrected chi connectivity index (χ1v) is 9.26. The first-order valence-electron chi connectivity index (χ1n) is 8.32. The van der Waals surface area contributed by atoms with Crippen molar-refractivity contribution in [1.82, 2.24) is 0 Å². The summed E-state index contributed by atoms with van der Waals surface area (Å²) in [4.78, 5) is 12.8. The highest BCUT2D eigenvalue weighted by molar-refractivity contribution is 8.05. The Balaban J connectivity index is 2.19. The Morgan fingerprint density at radius 1 is 1.36 bits per heavy atom. The Bertz CT molecular complexity index is 721. The zero-order chi connectivity index (χ0) is 18.1. The Morgan fingerprint density at radius 3 is 2.72 bits per heavy atom. The van der Waals surface area contributed by atoms with E-state index >= 15 is 0 Å². The quantitative estimate of drug-likeness (QED) is 0.250. The number of hydrogen-bond acceptors (Lipinski definition) is 3. The third-order valence-corrected chi connectivity index (χ3v) is 4.70. The van der Waals surface area contributed by atoms with Crippen LogP contribution in [0.3, 0.4) is 0 Å². The molecule has 1 heterocycles. The third-order valence-electron chi connectivity index (χ3n) is 3.93. The minimum atomic E-state index is -0.0360. The van der Waals surface area contributed by atoms with Crippen LogP contribution < -0.4 is 0 Å². The molecule has 0 fully saturated rings. The highest BCUT2D eigenvalue weighted by Gasteiger charge is 2.11. The predicted molar refractivity (Wildman–Crippen MR) is 109 cm³/mol. The van der Waals surface area contributed by atoms with Gasteiger partial charge in [0.25, 0.3) is 0 Å². The molecule has 0 saturated carbocycles. The molecule has 0 saturated heterocycles. The summed E-state index contributed by atoms with van der Waals surface area (Å²) in [5.74, 6) is 0.0137. The lowest BCUT2D eigenvalue weighted by atomic mass is 9.97. The van der Waals surface area contributed by atoms with E-state index in [9.17, 15) is 4.79 Å². The predicted octanol–water partition coefficient (Wildman–Crippen LogP) is 5.95. The van der Waals surface area contributed by atoms with Crippen molar-refractivity contribution in [2.24, 2.45) is 0 Å². The first kappa shape index (κ1) is 19.2. The van der Waals surface area contributed by atoms with Gasteiger partial charge in [0.2, 0.25) is 0 Å². The van der Waals surface area contributed by atoms with Crippen molar-refractivity contribution >= 4 is 23.1 Å². The van der Waals surface area contributed by atoms with Gasteiger partial charge in [-0.3, -0.25) is 4.79 Å². The highest BCUT2D eigenvalue weighted by Crippen LogP contribution is 2.27. The summed E-state index contributed by atoms with van der Waals surface area (Å²) in [5.41, 5.74) is 3.79. The van der Waals surface area contributed by atoms with Crippen molar-refractivity contribution < 1.29 is 9.53 Å². The molecule has 0 aliphatic carbocycles. The maximum absolute atomic E-state index is 12.8. The third kappa shape index (κ3) is 5.73. The zero-order valence-corrected chi connectivity index (χ0v) is 15.6. The van der Waals surface area contributed by atoms with Crippen LogP contribution in [-0.4, -0.2) is 19.0 Å². The maximum atomic E-state index is 12.8. The van der Waals surface area contributed by atoms with Gasteiger partial charge in [-0.2, -0.15) is 0 Å². The number of rotatable bonds is 8. The molecule has 3 heteroatoms. The van der Waals surface area contributed by atoms with E-state index in [2.05, 4.69) is 23.5 Å². The number of thioether (sulfide) groups is 1. The van der Waals surface area contributed by atoms with Crippen LogP contribution in [0.15, 0.2) is 77.6 Å². The molecule has 2 nitrogen and oxygen atoms in total. The fourth-order valence-corrected chi connectivity index (χ4v) is 3.04. The molecule has 1 aromatic carbocycles. The molecule has 25 heavy (non-hydrogen) atoms. The first-order chi connectivity index (χ1) is 12.2. The molecule has 0 spiro atoms. The van der Waals surface area contributed by atoms with Crippen molar-refractivity contribution in [3.8, 4) is 0 Å². The summed E-state index contributed by atoms with van der Waals surface area (Å²) in [5, 5.41) is 4.24. The molecule has 0 amide bonds. The lowest BCUT2D eigenvalue weighted by Gasteiger charge is -2.09. The summed E-state index contributed by atoms with van der Waals surface area (Å²) in [7, 11) is 1.65. The highest BCUT2D eigenvalue weighted by atomic mass is 32.2. The van der Waals surface area contributed by atoms with E-state index in [1.54, 1.807) is 24.9 Å². The lowest BCUT2D eigenvalue weighted by Crippen LogP contribution is -2.04. The smallest absolute Gasteiger partial charge is 0.192 e. The van der Waals surface area contributed by atoms with E-state index in [0.717, 1.165) is 12.0 Å². The molecule has 0 bridgehead atoms. The summed E-state index contributed by atoms with van der Waals surface area (Å²) in [6.07, 6.45) is 11.1. The fourth-order valence-electron chi connectivity index (χ4n) is 2.35. The summed E-state index contributed by atoms with van der Waals surface area (Å²) in [6, 6.07) is 7.84. The Kier molecular flexibility index (Phi) is 7.71. The Labute approximate surface area is 154 Å². The van der Waals surface area contributed by atoms with Crippen molar-refractivity contribution in [2.45, 2.75) is 25.9 Å². The van der Waals surface area contributed by atoms with Crippen molar-refractivity contribution in [3.63, 3.8) is 0 Å². The van der Waals surface area contributed by atoms with Gasteiger partial charge in [-0.25, -0.2) is 0 Å². The van der Waals surface area contributed by atoms with Crippen LogP contribution in [0.5, 0.6) is 0 Å². The van der Waals surface area contributed by atoms with Gasteiger partial charge in [-0.1, -0.05) is 54.6 Å². The summed E-state index contributed by atoms with van der Waals surface area (Å²) >= 11 is 1.68. The number of Topliss-reactive ketones (excluding diaryl/α,β-unsaturated/α-hetero) is 1. The number of hydrogen-bond donors (Lipinski definition) is 0.